The van der Waals surface area contributed by atoms with Gasteiger partial charge in [-0.2, -0.15) is 0 Å². The molecule has 0 aliphatic heterocycles. The number of nitrogen functional groups attached to an aromatic ring is 1. The van der Waals surface area contributed by atoms with Gasteiger partial charge in [-0.1, -0.05) is 52.8 Å². The van der Waals surface area contributed by atoms with Gasteiger partial charge < -0.3 is 9.69 Å². The predicted molar refractivity (Wildman–Crippen MR) is 157 cm³/mol. The van der Waals surface area contributed by atoms with Crippen LogP contribution in [-0.4, -0.2) is 57.2 Å². The van der Waals surface area contributed by atoms with Gasteiger partial charge in [0, 0.05) is 23.4 Å². The number of nitrogens with one attached hydrogen (secondary N) is 1. The van der Waals surface area contributed by atoms with E-state index in [1.54, 1.807) is 36.6 Å². The molecule has 0 unspecified atom stereocenters. The molecule has 3 N–H and O–H groups in total. The number of para-hydroxylation sites is 1. The number of aromatic nitrogens is 2. The number of carbonyl (C=O) groups excluding carboxylic acids is 4. The number of hydrazine groups is 1. The molecule has 0 bridgehead atoms. The van der Waals surface area contributed by atoms with Crippen molar-refractivity contribution in [2.24, 2.45) is 17.2 Å². The van der Waals surface area contributed by atoms with Crippen molar-refractivity contribution in [1.29, 1.82) is 0 Å². The Bertz CT molecular complexity index is 1430. The summed E-state index contributed by atoms with van der Waals surface area (Å²) in [6, 6.07) is 5.60. The molecule has 4 rings (SSSR count). The van der Waals surface area contributed by atoms with Crippen LogP contribution in [0.15, 0.2) is 29.6 Å². The number of hydrogen-bond donors (Lipinski definition) is 2. The number of thiazole rings is 1. The van der Waals surface area contributed by atoms with Crippen molar-refractivity contribution in [1.82, 2.24) is 19.9 Å². The van der Waals surface area contributed by atoms with Gasteiger partial charge in [-0.05, 0) is 49.1 Å². The van der Waals surface area contributed by atoms with Crippen LogP contribution in [-0.2, 0) is 4.79 Å². The van der Waals surface area contributed by atoms with Crippen molar-refractivity contribution in [2.75, 3.05) is 11.4 Å². The number of anilines is 1. The number of aldehydes is 1. The molecule has 11 heteroatoms. The standard InChI is InChI=1S/C29H38N6O4S/c1-17(2)14-33(19-11-12-19)28-31-22(16-40-28)25(37)34(20(15-36)13-29(4,5)6)26(38)24-18(3)21-9-7-8-10-23(21)35(24)27(39)32-30/h7-10,15-17,19-20H,11-14,30H2,1-6H3,(H,32,39)/t20-/m0/s1. The molecular formula is C29H38N6O4S. The van der Waals surface area contributed by atoms with Gasteiger partial charge in [0.05, 0.1) is 11.6 Å². The predicted octanol–water partition coefficient (Wildman–Crippen LogP) is 4.75. The van der Waals surface area contributed by atoms with Crippen molar-refractivity contribution in [3.8, 4) is 0 Å². The minimum atomic E-state index is -1.08. The second kappa shape index (κ2) is 11.5. The third kappa shape index (κ3) is 5.95. The average Bonchev–Trinajstić information content (AvgIpc) is 3.55. The van der Waals surface area contributed by atoms with Gasteiger partial charge in [-0.25, -0.2) is 15.6 Å². The second-order valence-electron chi connectivity index (χ2n) is 12.0. The minimum Gasteiger partial charge on any atom is -0.345 e. The van der Waals surface area contributed by atoms with E-state index in [2.05, 4.69) is 29.2 Å². The number of benzene rings is 1. The second-order valence-corrected chi connectivity index (χ2v) is 12.9. The SMILES string of the molecule is Cc1c(C(=O)N(C(=O)c2csc(N(CC(C)C)C3CC3)n2)[C@H](C=O)CC(C)(C)C)n(C(=O)NN)c2ccccc12. The molecule has 214 valence electrons. The Morgan fingerprint density at radius 2 is 1.88 bits per heavy atom. The maximum atomic E-state index is 14.4. The normalized spacial score (nSPS) is 14.3. The zero-order valence-electron chi connectivity index (χ0n) is 23.9. The molecule has 1 fully saturated rings. The molecule has 40 heavy (non-hydrogen) atoms. The molecule has 1 aliphatic rings. The molecule has 3 aromatic rings. The van der Waals surface area contributed by atoms with E-state index in [-0.39, 0.29) is 23.2 Å². The molecule has 3 amide bonds. The van der Waals surface area contributed by atoms with E-state index >= 15 is 0 Å². The van der Waals surface area contributed by atoms with Gasteiger partial charge in [0.2, 0.25) is 0 Å². The third-order valence-electron chi connectivity index (χ3n) is 6.91. The highest BCUT2D eigenvalue weighted by atomic mass is 32.1. The summed E-state index contributed by atoms with van der Waals surface area (Å²) in [4.78, 5) is 61.7. The van der Waals surface area contributed by atoms with Crippen LogP contribution in [0.1, 0.15) is 80.4 Å². The Hall–Kier alpha value is -3.57. The number of hydrogen-bond acceptors (Lipinski definition) is 8. The number of amides is 3. The molecule has 1 aliphatic carbocycles. The van der Waals surface area contributed by atoms with Gasteiger partial charge in [0.1, 0.15) is 17.7 Å². The summed E-state index contributed by atoms with van der Waals surface area (Å²) in [7, 11) is 0. The number of aryl methyl sites for hydroxylation is 1. The van der Waals surface area contributed by atoms with Crippen LogP contribution in [0.2, 0.25) is 0 Å². The van der Waals surface area contributed by atoms with E-state index in [1.807, 2.05) is 20.8 Å². The Labute approximate surface area is 238 Å². The van der Waals surface area contributed by atoms with Crippen LogP contribution in [0.5, 0.6) is 0 Å². The number of nitrogens with zero attached hydrogens (tertiary/aromatic N) is 4. The van der Waals surface area contributed by atoms with E-state index < -0.39 is 23.9 Å². The van der Waals surface area contributed by atoms with E-state index in [1.165, 1.54) is 11.3 Å². The van der Waals surface area contributed by atoms with Gasteiger partial charge in [-0.3, -0.25) is 24.5 Å². The summed E-state index contributed by atoms with van der Waals surface area (Å²) in [5.41, 5.74) is 2.73. The molecule has 2 aromatic heterocycles. The number of rotatable bonds is 9. The number of fused-ring (bicyclic) bond motifs is 1. The van der Waals surface area contributed by atoms with E-state index in [9.17, 15) is 19.2 Å². The van der Waals surface area contributed by atoms with Crippen molar-refractivity contribution in [3.63, 3.8) is 0 Å². The number of imide groups is 1. The first kappa shape index (κ1) is 29.4. The first-order valence-electron chi connectivity index (χ1n) is 13.5. The maximum absolute atomic E-state index is 14.4. The van der Waals surface area contributed by atoms with Gasteiger partial charge in [0.15, 0.2) is 5.13 Å². The highest BCUT2D eigenvalue weighted by Gasteiger charge is 2.39. The molecule has 2 heterocycles. The monoisotopic (exact) mass is 566 g/mol. The summed E-state index contributed by atoms with van der Waals surface area (Å²) in [6.07, 6.45) is 3.00. The largest absolute Gasteiger partial charge is 0.345 e. The highest BCUT2D eigenvalue weighted by molar-refractivity contribution is 7.14. The Balaban J connectivity index is 1.83. The van der Waals surface area contributed by atoms with Crippen molar-refractivity contribution < 1.29 is 19.2 Å². The van der Waals surface area contributed by atoms with Crippen LogP contribution in [0.4, 0.5) is 9.93 Å². The maximum Gasteiger partial charge on any atom is 0.340 e. The molecule has 1 atom stereocenters. The summed E-state index contributed by atoms with van der Waals surface area (Å²) in [6.45, 7) is 12.6. The van der Waals surface area contributed by atoms with Crippen LogP contribution in [0, 0.1) is 18.3 Å². The molecule has 10 nitrogen and oxygen atoms in total. The summed E-state index contributed by atoms with van der Waals surface area (Å²) in [5, 5.41) is 3.02. The topological polar surface area (TPSA) is 131 Å². The molecular weight excluding hydrogens is 528 g/mol. The smallest absolute Gasteiger partial charge is 0.340 e. The lowest BCUT2D eigenvalue weighted by Gasteiger charge is -2.31. The van der Waals surface area contributed by atoms with Gasteiger partial charge in [0.25, 0.3) is 11.8 Å². The zero-order valence-corrected chi connectivity index (χ0v) is 24.7. The first-order chi connectivity index (χ1) is 18.9. The lowest BCUT2D eigenvalue weighted by atomic mass is 9.87. The lowest BCUT2D eigenvalue weighted by Crippen LogP contribution is -2.49. The minimum absolute atomic E-state index is 0.0341. The number of nitrogens with two attached hydrogens (primary N) is 1. The van der Waals surface area contributed by atoms with Crippen LogP contribution in [0.3, 0.4) is 0 Å². The van der Waals surface area contributed by atoms with Gasteiger partial charge >= 0.3 is 6.03 Å². The highest BCUT2D eigenvalue weighted by Crippen LogP contribution is 2.35. The van der Waals surface area contributed by atoms with Crippen molar-refractivity contribution in [3.05, 3.63) is 46.6 Å². The fourth-order valence-corrected chi connectivity index (χ4v) is 5.93. The van der Waals surface area contributed by atoms with Crippen LogP contribution in [0.25, 0.3) is 10.9 Å². The molecule has 1 saturated carbocycles. The fraction of sp³-hybridized carbons (Fsp3) is 0.483. The summed E-state index contributed by atoms with van der Waals surface area (Å²) in [5.74, 6) is 4.45. The fourth-order valence-electron chi connectivity index (χ4n) is 5.05. The number of carbonyl (C=O) groups is 4. The van der Waals surface area contributed by atoms with E-state index in [0.717, 1.165) is 34.0 Å². The van der Waals surface area contributed by atoms with Crippen molar-refractivity contribution in [2.45, 2.75) is 72.9 Å². The van der Waals surface area contributed by atoms with E-state index in [0.29, 0.717) is 34.7 Å². The molecule has 0 spiro atoms. The lowest BCUT2D eigenvalue weighted by molar-refractivity contribution is -0.112. The van der Waals surface area contributed by atoms with Gasteiger partial charge in [-0.15, -0.1) is 11.3 Å². The average molecular weight is 567 g/mol. The Kier molecular flexibility index (Phi) is 8.46. The Morgan fingerprint density at radius 3 is 2.45 bits per heavy atom. The van der Waals surface area contributed by atoms with Crippen LogP contribution < -0.4 is 16.2 Å². The molecule has 0 radical (unpaired) electrons. The third-order valence-corrected chi connectivity index (χ3v) is 7.79. The van der Waals surface area contributed by atoms with Crippen molar-refractivity contribution >= 4 is 51.5 Å². The molecule has 0 saturated heterocycles. The van der Waals surface area contributed by atoms with E-state index in [4.69, 9.17) is 5.84 Å². The first-order valence-corrected chi connectivity index (χ1v) is 14.4. The van der Waals surface area contributed by atoms with Crippen LogP contribution >= 0.6 is 11.3 Å². The zero-order chi connectivity index (χ0) is 29.4. The quantitative estimate of drug-likeness (QED) is 0.126. The summed E-state index contributed by atoms with van der Waals surface area (Å²) >= 11 is 1.35. The Morgan fingerprint density at radius 1 is 1.20 bits per heavy atom. The molecule has 1 aromatic carbocycles. The summed E-state index contributed by atoms with van der Waals surface area (Å²) < 4.78 is 1.16.